The van der Waals surface area contributed by atoms with Crippen molar-refractivity contribution in [2.24, 2.45) is 0 Å². The van der Waals surface area contributed by atoms with Crippen LogP contribution in [0.2, 0.25) is 10.0 Å². The van der Waals surface area contributed by atoms with Gasteiger partial charge in [-0.3, -0.25) is 0 Å². The monoisotopic (exact) mass is 437 g/mol. The molecule has 0 aromatic heterocycles. The molecule has 0 spiro atoms. The van der Waals surface area contributed by atoms with Crippen LogP contribution in [0.5, 0.6) is 11.5 Å². The molecule has 8 heteroatoms. The Morgan fingerprint density at radius 1 is 0.929 bits per heavy atom. The highest BCUT2D eigenvalue weighted by Gasteiger charge is 2.19. The lowest BCUT2D eigenvalue weighted by atomic mass is 10.2. The minimum atomic E-state index is -4.01. The number of benzene rings is 3. The summed E-state index contributed by atoms with van der Waals surface area (Å²) in [4.78, 5) is 0.00316. The van der Waals surface area contributed by atoms with Crippen LogP contribution in [-0.4, -0.2) is 15.5 Å². The Bertz CT molecular complexity index is 1070. The van der Waals surface area contributed by atoms with E-state index in [0.29, 0.717) is 22.3 Å². The van der Waals surface area contributed by atoms with Crippen LogP contribution < -0.4 is 14.2 Å². The third-order valence-corrected chi connectivity index (χ3v) is 5.72. The minimum absolute atomic E-state index is 0.00316. The van der Waals surface area contributed by atoms with Gasteiger partial charge in [0, 0.05) is 11.6 Å². The highest BCUT2D eigenvalue weighted by atomic mass is 35.5. The van der Waals surface area contributed by atoms with Gasteiger partial charge in [0.2, 0.25) is 0 Å². The number of halogens is 2. The number of hydrogen-bond donors (Lipinski definition) is 1. The summed E-state index contributed by atoms with van der Waals surface area (Å²) in [6.07, 6.45) is 0. The fourth-order valence-electron chi connectivity index (χ4n) is 2.46. The van der Waals surface area contributed by atoms with E-state index in [2.05, 4.69) is 5.32 Å². The zero-order valence-corrected chi connectivity index (χ0v) is 17.2. The van der Waals surface area contributed by atoms with Crippen molar-refractivity contribution in [3.63, 3.8) is 0 Å². The van der Waals surface area contributed by atoms with Gasteiger partial charge in [-0.2, -0.15) is 8.42 Å². The number of hydrogen-bond acceptors (Lipinski definition) is 5. The van der Waals surface area contributed by atoms with E-state index in [-0.39, 0.29) is 10.6 Å². The SMILES string of the molecule is COc1cc(CNc2ccccc2Cl)ccc1OS(=O)(=O)c1ccc(Cl)cc1. The molecule has 0 heterocycles. The van der Waals surface area contributed by atoms with Gasteiger partial charge in [0.05, 0.1) is 17.8 Å². The Hall–Kier alpha value is -2.41. The molecule has 0 fully saturated rings. The fourth-order valence-corrected chi connectivity index (χ4v) is 3.73. The Kier molecular flexibility index (Phi) is 6.34. The van der Waals surface area contributed by atoms with Crippen molar-refractivity contribution < 1.29 is 17.3 Å². The van der Waals surface area contributed by atoms with E-state index in [0.717, 1.165) is 11.3 Å². The number of rotatable bonds is 7. The lowest BCUT2D eigenvalue weighted by Crippen LogP contribution is -2.10. The first kappa shape index (κ1) is 20.3. The largest absolute Gasteiger partial charge is 0.493 e. The number of para-hydroxylation sites is 1. The summed E-state index contributed by atoms with van der Waals surface area (Å²) in [5, 5.41) is 4.27. The Morgan fingerprint density at radius 3 is 2.32 bits per heavy atom. The molecule has 0 radical (unpaired) electrons. The average Bonchev–Trinajstić information content (AvgIpc) is 2.68. The topological polar surface area (TPSA) is 64.6 Å². The smallest absolute Gasteiger partial charge is 0.339 e. The molecule has 0 saturated heterocycles. The highest BCUT2D eigenvalue weighted by molar-refractivity contribution is 7.87. The molecule has 0 saturated carbocycles. The van der Waals surface area contributed by atoms with Crippen LogP contribution in [0.1, 0.15) is 5.56 Å². The van der Waals surface area contributed by atoms with Gasteiger partial charge >= 0.3 is 10.1 Å². The van der Waals surface area contributed by atoms with Gasteiger partial charge in [0.1, 0.15) is 4.90 Å². The van der Waals surface area contributed by atoms with Crippen LogP contribution in [0.4, 0.5) is 5.69 Å². The lowest BCUT2D eigenvalue weighted by molar-refractivity contribution is 0.390. The van der Waals surface area contributed by atoms with Crippen LogP contribution in [-0.2, 0) is 16.7 Å². The van der Waals surface area contributed by atoms with E-state index < -0.39 is 10.1 Å². The number of anilines is 1. The van der Waals surface area contributed by atoms with Gasteiger partial charge in [-0.25, -0.2) is 0 Å². The Labute approximate surface area is 173 Å². The maximum Gasteiger partial charge on any atom is 0.339 e. The molecule has 3 aromatic carbocycles. The first-order chi connectivity index (χ1) is 13.4. The molecule has 0 bridgehead atoms. The van der Waals surface area contributed by atoms with Crippen molar-refractivity contribution in [3.8, 4) is 11.5 Å². The predicted molar refractivity (Wildman–Crippen MR) is 111 cm³/mol. The molecule has 0 amide bonds. The van der Waals surface area contributed by atoms with Gasteiger partial charge in [0.25, 0.3) is 0 Å². The predicted octanol–water partition coefficient (Wildman–Crippen LogP) is 5.38. The highest BCUT2D eigenvalue weighted by Crippen LogP contribution is 2.31. The molecule has 3 rings (SSSR count). The van der Waals surface area contributed by atoms with Gasteiger partial charge < -0.3 is 14.2 Å². The van der Waals surface area contributed by atoms with Crippen LogP contribution in [0.15, 0.2) is 71.6 Å². The zero-order valence-electron chi connectivity index (χ0n) is 14.9. The molecule has 0 aliphatic rings. The molecule has 1 N–H and O–H groups in total. The number of ether oxygens (including phenoxy) is 1. The van der Waals surface area contributed by atoms with Crippen LogP contribution in [0.3, 0.4) is 0 Å². The van der Waals surface area contributed by atoms with Crippen molar-refractivity contribution in [1.82, 2.24) is 0 Å². The second-order valence-corrected chi connectivity index (χ2v) is 8.20. The third-order valence-electron chi connectivity index (χ3n) is 3.89. The first-order valence-electron chi connectivity index (χ1n) is 8.24. The van der Waals surface area contributed by atoms with Crippen molar-refractivity contribution in [2.75, 3.05) is 12.4 Å². The van der Waals surface area contributed by atoms with E-state index in [1.165, 1.54) is 31.4 Å². The summed E-state index contributed by atoms with van der Waals surface area (Å²) in [6.45, 7) is 0.476. The van der Waals surface area contributed by atoms with Gasteiger partial charge in [-0.05, 0) is 54.1 Å². The summed E-state index contributed by atoms with van der Waals surface area (Å²) >= 11 is 11.9. The van der Waals surface area contributed by atoms with E-state index in [1.54, 1.807) is 24.3 Å². The molecule has 146 valence electrons. The van der Waals surface area contributed by atoms with E-state index in [1.807, 2.05) is 18.2 Å². The van der Waals surface area contributed by atoms with Crippen LogP contribution >= 0.6 is 23.2 Å². The molecule has 28 heavy (non-hydrogen) atoms. The number of methoxy groups -OCH3 is 1. The molecule has 0 aliphatic heterocycles. The zero-order chi connectivity index (χ0) is 20.1. The fraction of sp³-hybridized carbons (Fsp3) is 0.100. The quantitative estimate of drug-likeness (QED) is 0.502. The summed E-state index contributed by atoms with van der Waals surface area (Å²) in [6, 6.07) is 18.1. The molecule has 0 unspecified atom stereocenters. The Morgan fingerprint density at radius 2 is 1.64 bits per heavy atom. The minimum Gasteiger partial charge on any atom is -0.493 e. The second-order valence-electron chi connectivity index (χ2n) is 5.81. The van der Waals surface area contributed by atoms with Gasteiger partial charge in [0.15, 0.2) is 11.5 Å². The first-order valence-corrected chi connectivity index (χ1v) is 10.4. The molecule has 3 aromatic rings. The van der Waals surface area contributed by atoms with Crippen LogP contribution in [0.25, 0.3) is 0 Å². The summed E-state index contributed by atoms with van der Waals surface area (Å²) < 4.78 is 35.5. The van der Waals surface area contributed by atoms with E-state index in [4.69, 9.17) is 32.1 Å². The van der Waals surface area contributed by atoms with E-state index in [9.17, 15) is 8.42 Å². The number of nitrogens with one attached hydrogen (secondary N) is 1. The average molecular weight is 438 g/mol. The van der Waals surface area contributed by atoms with Crippen molar-refractivity contribution in [3.05, 3.63) is 82.3 Å². The van der Waals surface area contributed by atoms with Crippen LogP contribution in [0, 0.1) is 0 Å². The van der Waals surface area contributed by atoms with Gasteiger partial charge in [-0.1, -0.05) is 41.4 Å². The molecule has 0 aliphatic carbocycles. The molecular formula is C20H17Cl2NO4S. The summed E-state index contributed by atoms with van der Waals surface area (Å²) in [5.74, 6) is 0.398. The summed E-state index contributed by atoms with van der Waals surface area (Å²) in [5.41, 5.74) is 1.67. The second kappa shape index (κ2) is 8.73. The standard InChI is InChI=1S/C20H17Cl2NO4S/c1-26-20-12-14(13-23-18-5-3-2-4-17(18)22)6-11-19(20)27-28(24,25)16-9-7-15(21)8-10-16/h2-12,23H,13H2,1H3. The third kappa shape index (κ3) is 4.90. The Balaban J connectivity index is 1.77. The maximum absolute atomic E-state index is 12.5. The normalized spacial score (nSPS) is 11.1. The van der Waals surface area contributed by atoms with Crippen molar-refractivity contribution >= 4 is 39.0 Å². The molecule has 5 nitrogen and oxygen atoms in total. The van der Waals surface area contributed by atoms with Crippen molar-refractivity contribution in [2.45, 2.75) is 11.4 Å². The summed E-state index contributed by atoms with van der Waals surface area (Å²) in [7, 11) is -2.56. The van der Waals surface area contributed by atoms with Crippen molar-refractivity contribution in [1.29, 1.82) is 0 Å². The lowest BCUT2D eigenvalue weighted by Gasteiger charge is -2.13. The van der Waals surface area contributed by atoms with E-state index >= 15 is 0 Å². The molecular weight excluding hydrogens is 421 g/mol. The van der Waals surface area contributed by atoms with Gasteiger partial charge in [-0.15, -0.1) is 0 Å². The maximum atomic E-state index is 12.5. The molecule has 0 atom stereocenters.